The molecule has 0 radical (unpaired) electrons. The van der Waals surface area contributed by atoms with Crippen molar-refractivity contribution in [2.24, 2.45) is 0 Å². The Bertz CT molecular complexity index is 248. The predicted octanol–water partition coefficient (Wildman–Crippen LogP) is 1.87. The molecule has 1 aromatic rings. The second-order valence-corrected chi connectivity index (χ2v) is 2.10. The van der Waals surface area contributed by atoms with Gasteiger partial charge in [0.25, 0.3) is 0 Å². The highest BCUT2D eigenvalue weighted by Gasteiger charge is 2.05. The van der Waals surface area contributed by atoms with Crippen LogP contribution in [-0.2, 0) is 6.67 Å². The molecule has 11 heavy (non-hydrogen) atoms. The number of ether oxygens (including phenoxy) is 1. The van der Waals surface area contributed by atoms with E-state index in [0.29, 0.717) is 5.56 Å². The third-order valence-corrected chi connectivity index (χ3v) is 1.42. The van der Waals surface area contributed by atoms with Gasteiger partial charge < -0.3 is 9.84 Å². The molecule has 1 aromatic carbocycles. The molecule has 0 atom stereocenters. The summed E-state index contributed by atoms with van der Waals surface area (Å²) < 4.78 is 16.9. The molecule has 0 saturated heterocycles. The van der Waals surface area contributed by atoms with Gasteiger partial charge in [0.1, 0.15) is 6.67 Å². The second-order valence-electron chi connectivity index (χ2n) is 2.10. The normalized spacial score (nSPS) is 9.64. The van der Waals surface area contributed by atoms with E-state index in [1.54, 1.807) is 12.1 Å². The molecular weight excluding hydrogens is 147 g/mol. The van der Waals surface area contributed by atoms with Crippen molar-refractivity contribution in [2.75, 3.05) is 7.11 Å². The number of aromatic hydroxyl groups is 1. The fraction of sp³-hybridized carbons (Fsp3) is 0.250. The Labute approximate surface area is 64.2 Å². The molecule has 3 heteroatoms. The standard InChI is InChI=1S/C8H9FO2/c1-11-8-6(5-9)3-2-4-7(8)10/h2-4,10H,5H2,1H3. The zero-order valence-corrected chi connectivity index (χ0v) is 6.17. The van der Waals surface area contributed by atoms with Crippen molar-refractivity contribution in [1.29, 1.82) is 0 Å². The van der Waals surface area contributed by atoms with Crippen molar-refractivity contribution >= 4 is 0 Å². The smallest absolute Gasteiger partial charge is 0.166 e. The van der Waals surface area contributed by atoms with Gasteiger partial charge in [-0.1, -0.05) is 12.1 Å². The fourth-order valence-corrected chi connectivity index (χ4v) is 0.912. The van der Waals surface area contributed by atoms with Gasteiger partial charge in [-0.2, -0.15) is 0 Å². The first-order valence-corrected chi connectivity index (χ1v) is 3.20. The lowest BCUT2D eigenvalue weighted by atomic mass is 10.2. The third kappa shape index (κ3) is 1.42. The molecule has 0 spiro atoms. The summed E-state index contributed by atoms with van der Waals surface area (Å²) in [6.45, 7) is -0.627. The van der Waals surface area contributed by atoms with Crippen molar-refractivity contribution in [3.8, 4) is 11.5 Å². The third-order valence-electron chi connectivity index (χ3n) is 1.42. The van der Waals surface area contributed by atoms with Crippen molar-refractivity contribution in [2.45, 2.75) is 6.67 Å². The van der Waals surface area contributed by atoms with Gasteiger partial charge in [0, 0.05) is 5.56 Å². The Kier molecular flexibility index (Phi) is 2.31. The van der Waals surface area contributed by atoms with Gasteiger partial charge in [-0.25, -0.2) is 4.39 Å². The molecule has 0 unspecified atom stereocenters. The number of hydrogen-bond donors (Lipinski definition) is 1. The van der Waals surface area contributed by atoms with Crippen molar-refractivity contribution < 1.29 is 14.2 Å². The first kappa shape index (κ1) is 7.85. The van der Waals surface area contributed by atoms with Crippen LogP contribution in [0.25, 0.3) is 0 Å². The van der Waals surface area contributed by atoms with E-state index in [9.17, 15) is 4.39 Å². The average Bonchev–Trinajstić information content (AvgIpc) is 2.04. The Morgan fingerprint density at radius 3 is 2.73 bits per heavy atom. The lowest BCUT2D eigenvalue weighted by molar-refractivity contribution is 0.359. The maximum Gasteiger partial charge on any atom is 0.166 e. The van der Waals surface area contributed by atoms with Gasteiger partial charge in [0.15, 0.2) is 11.5 Å². The highest BCUT2D eigenvalue weighted by Crippen LogP contribution is 2.29. The van der Waals surface area contributed by atoms with Gasteiger partial charge >= 0.3 is 0 Å². The Hall–Kier alpha value is -1.25. The number of halogens is 1. The van der Waals surface area contributed by atoms with Gasteiger partial charge in [-0.05, 0) is 6.07 Å². The lowest BCUT2D eigenvalue weighted by Crippen LogP contribution is -1.89. The number of methoxy groups -OCH3 is 1. The van der Waals surface area contributed by atoms with E-state index < -0.39 is 6.67 Å². The van der Waals surface area contributed by atoms with Crippen LogP contribution in [0.2, 0.25) is 0 Å². The topological polar surface area (TPSA) is 29.5 Å². The molecule has 0 bridgehead atoms. The minimum Gasteiger partial charge on any atom is -0.504 e. The molecule has 0 fully saturated rings. The average molecular weight is 156 g/mol. The summed E-state index contributed by atoms with van der Waals surface area (Å²) in [7, 11) is 1.40. The maximum atomic E-state index is 12.2. The van der Waals surface area contributed by atoms with Gasteiger partial charge in [-0.3, -0.25) is 0 Å². The molecule has 0 amide bonds. The summed E-state index contributed by atoms with van der Waals surface area (Å²) in [5.41, 5.74) is 0.368. The second kappa shape index (κ2) is 3.23. The van der Waals surface area contributed by atoms with Gasteiger partial charge in [-0.15, -0.1) is 0 Å². The summed E-state index contributed by atoms with van der Waals surface area (Å²) >= 11 is 0. The zero-order valence-electron chi connectivity index (χ0n) is 6.17. The molecule has 0 aliphatic rings. The van der Waals surface area contributed by atoms with Crippen LogP contribution in [0, 0.1) is 0 Å². The van der Waals surface area contributed by atoms with Crippen LogP contribution in [-0.4, -0.2) is 12.2 Å². The molecule has 0 saturated carbocycles. The summed E-state index contributed by atoms with van der Waals surface area (Å²) in [6.07, 6.45) is 0. The van der Waals surface area contributed by atoms with Crippen molar-refractivity contribution in [1.82, 2.24) is 0 Å². The first-order valence-electron chi connectivity index (χ1n) is 3.20. The predicted molar refractivity (Wildman–Crippen MR) is 39.5 cm³/mol. The van der Waals surface area contributed by atoms with E-state index in [1.165, 1.54) is 13.2 Å². The number of benzene rings is 1. The zero-order chi connectivity index (χ0) is 8.27. The Balaban J connectivity index is 3.13. The van der Waals surface area contributed by atoms with Gasteiger partial charge in [0.2, 0.25) is 0 Å². The largest absolute Gasteiger partial charge is 0.504 e. The minimum atomic E-state index is -0.627. The lowest BCUT2D eigenvalue weighted by Gasteiger charge is -2.05. The monoisotopic (exact) mass is 156 g/mol. The van der Waals surface area contributed by atoms with Crippen LogP contribution in [0.3, 0.4) is 0 Å². The quantitative estimate of drug-likeness (QED) is 0.708. The van der Waals surface area contributed by atoms with Crippen LogP contribution < -0.4 is 4.74 Å². The highest BCUT2D eigenvalue weighted by atomic mass is 19.1. The van der Waals surface area contributed by atoms with E-state index in [-0.39, 0.29) is 11.5 Å². The van der Waals surface area contributed by atoms with E-state index in [1.807, 2.05) is 0 Å². The highest BCUT2D eigenvalue weighted by molar-refractivity contribution is 5.45. The van der Waals surface area contributed by atoms with E-state index in [4.69, 9.17) is 9.84 Å². The maximum absolute atomic E-state index is 12.2. The van der Waals surface area contributed by atoms with Crippen LogP contribution in [0.4, 0.5) is 4.39 Å². The molecule has 60 valence electrons. The van der Waals surface area contributed by atoms with Gasteiger partial charge in [0.05, 0.1) is 7.11 Å². The number of hydrogen-bond acceptors (Lipinski definition) is 2. The SMILES string of the molecule is COc1c(O)cccc1CF. The summed E-state index contributed by atoms with van der Waals surface area (Å²) in [6, 6.07) is 4.60. The van der Waals surface area contributed by atoms with E-state index in [0.717, 1.165) is 0 Å². The molecule has 0 heterocycles. The number of para-hydroxylation sites is 1. The summed E-state index contributed by atoms with van der Waals surface area (Å²) in [4.78, 5) is 0. The van der Waals surface area contributed by atoms with Crippen LogP contribution >= 0.6 is 0 Å². The van der Waals surface area contributed by atoms with Crippen LogP contribution in [0.5, 0.6) is 11.5 Å². The summed E-state index contributed by atoms with van der Waals surface area (Å²) in [5.74, 6) is 0.192. The van der Waals surface area contributed by atoms with Crippen molar-refractivity contribution in [3.63, 3.8) is 0 Å². The minimum absolute atomic E-state index is 0.0253. The molecule has 0 aliphatic heterocycles. The molecule has 1 N–H and O–H groups in total. The molecule has 2 nitrogen and oxygen atoms in total. The van der Waals surface area contributed by atoms with E-state index in [2.05, 4.69) is 0 Å². The first-order chi connectivity index (χ1) is 5.29. The molecule has 1 rings (SSSR count). The van der Waals surface area contributed by atoms with Crippen LogP contribution in [0.15, 0.2) is 18.2 Å². The van der Waals surface area contributed by atoms with E-state index >= 15 is 0 Å². The number of rotatable bonds is 2. The fourth-order valence-electron chi connectivity index (χ4n) is 0.912. The van der Waals surface area contributed by atoms with Crippen LogP contribution in [0.1, 0.15) is 5.56 Å². The molecular formula is C8H9FO2. The number of alkyl halides is 1. The number of phenolic OH excluding ortho intramolecular Hbond substituents is 1. The number of phenols is 1. The summed E-state index contributed by atoms with van der Waals surface area (Å²) in [5, 5.41) is 9.13. The Morgan fingerprint density at radius 2 is 2.27 bits per heavy atom. The van der Waals surface area contributed by atoms with Crippen molar-refractivity contribution in [3.05, 3.63) is 23.8 Å². The Morgan fingerprint density at radius 1 is 1.55 bits per heavy atom. The molecule has 0 aliphatic carbocycles. The molecule has 0 aromatic heterocycles.